The molecule has 0 aromatic heterocycles. The van der Waals surface area contributed by atoms with Crippen LogP contribution in [-0.4, -0.2) is 72.0 Å². The van der Waals surface area contributed by atoms with Crippen LogP contribution in [0.5, 0.6) is 0 Å². The number of unbranched alkanes of at least 4 members (excludes halogenated alkanes) is 1. The second kappa shape index (κ2) is 12.4. The Kier molecular flexibility index (Phi) is 11.4. The molecular weight excluding hydrogens is 404 g/mol. The van der Waals surface area contributed by atoms with E-state index < -0.39 is 35.4 Å². The Labute approximate surface area is 185 Å². The van der Waals surface area contributed by atoms with Crippen LogP contribution in [-0.2, 0) is 14.3 Å². The number of carboxylic acids is 1. The Morgan fingerprint density at radius 1 is 0.968 bits per heavy atom. The molecule has 0 spiro atoms. The number of ether oxygens (including phenoxy) is 2. The van der Waals surface area contributed by atoms with E-state index in [0.29, 0.717) is 31.8 Å². The van der Waals surface area contributed by atoms with Crippen molar-refractivity contribution >= 4 is 24.1 Å². The highest BCUT2D eigenvalue weighted by Gasteiger charge is 2.28. The Morgan fingerprint density at radius 3 is 1.94 bits per heavy atom. The highest BCUT2D eigenvalue weighted by molar-refractivity contribution is 5.93. The number of rotatable bonds is 8. The SMILES string of the molecule is CC(CCCCN=C(NC(=O)OC(C)(C)C)N(C)C)C(NC(=O)OC(C)(C)C)C(=O)O. The van der Waals surface area contributed by atoms with Crippen LogP contribution in [0.2, 0.25) is 0 Å². The van der Waals surface area contributed by atoms with Crippen LogP contribution in [0.3, 0.4) is 0 Å². The topological polar surface area (TPSA) is 130 Å². The molecule has 0 heterocycles. The van der Waals surface area contributed by atoms with Crippen molar-refractivity contribution in [2.24, 2.45) is 10.9 Å². The van der Waals surface area contributed by atoms with Gasteiger partial charge in [0.05, 0.1) is 0 Å². The molecule has 2 amide bonds. The van der Waals surface area contributed by atoms with Gasteiger partial charge in [0.2, 0.25) is 5.96 Å². The zero-order chi connectivity index (χ0) is 24.4. The molecule has 0 aliphatic rings. The summed E-state index contributed by atoms with van der Waals surface area (Å²) in [7, 11) is 3.52. The second-order valence-electron chi connectivity index (χ2n) is 9.66. The normalized spacial score (nSPS) is 14.3. The van der Waals surface area contributed by atoms with Crippen molar-refractivity contribution in [1.82, 2.24) is 15.5 Å². The highest BCUT2D eigenvalue weighted by atomic mass is 16.6. The Morgan fingerprint density at radius 2 is 1.48 bits per heavy atom. The van der Waals surface area contributed by atoms with E-state index in [-0.39, 0.29) is 5.92 Å². The van der Waals surface area contributed by atoms with Gasteiger partial charge in [0.25, 0.3) is 0 Å². The average Bonchev–Trinajstić information content (AvgIpc) is 2.54. The molecule has 0 aromatic carbocycles. The quantitative estimate of drug-likeness (QED) is 0.298. The van der Waals surface area contributed by atoms with Crippen LogP contribution in [0.1, 0.15) is 67.7 Å². The van der Waals surface area contributed by atoms with E-state index in [1.54, 1.807) is 67.5 Å². The predicted molar refractivity (Wildman–Crippen MR) is 119 cm³/mol. The minimum Gasteiger partial charge on any atom is -0.480 e. The number of hydrogen-bond acceptors (Lipinski definition) is 6. The van der Waals surface area contributed by atoms with Crippen molar-refractivity contribution in [3.63, 3.8) is 0 Å². The fraction of sp³-hybridized carbons (Fsp3) is 0.810. The Balaban J connectivity index is 4.63. The van der Waals surface area contributed by atoms with Crippen LogP contribution in [0.25, 0.3) is 0 Å². The molecule has 0 bridgehead atoms. The number of hydrogen-bond donors (Lipinski definition) is 3. The van der Waals surface area contributed by atoms with Gasteiger partial charge < -0.3 is 24.8 Å². The molecule has 0 aliphatic heterocycles. The summed E-state index contributed by atoms with van der Waals surface area (Å²) in [6, 6.07) is -1.04. The summed E-state index contributed by atoms with van der Waals surface area (Å²) < 4.78 is 10.4. The molecule has 0 rings (SSSR count). The van der Waals surface area contributed by atoms with Crippen LogP contribution in [0.15, 0.2) is 4.99 Å². The van der Waals surface area contributed by atoms with E-state index in [4.69, 9.17) is 9.47 Å². The van der Waals surface area contributed by atoms with Crippen molar-refractivity contribution in [2.75, 3.05) is 20.6 Å². The van der Waals surface area contributed by atoms with Gasteiger partial charge in [-0.05, 0) is 60.3 Å². The maximum atomic E-state index is 11.9. The monoisotopic (exact) mass is 444 g/mol. The first-order valence-corrected chi connectivity index (χ1v) is 10.5. The van der Waals surface area contributed by atoms with E-state index in [1.165, 1.54) is 0 Å². The zero-order valence-corrected chi connectivity index (χ0v) is 20.4. The molecule has 2 unspecified atom stereocenters. The van der Waals surface area contributed by atoms with E-state index in [2.05, 4.69) is 15.6 Å². The van der Waals surface area contributed by atoms with Crippen molar-refractivity contribution in [2.45, 2.75) is 85.0 Å². The third kappa shape index (κ3) is 14.2. The number of amides is 2. The minimum atomic E-state index is -1.10. The average molecular weight is 445 g/mol. The molecule has 2 atom stereocenters. The first kappa shape index (κ1) is 28.5. The molecule has 31 heavy (non-hydrogen) atoms. The number of aliphatic imine (C=N–C) groups is 1. The lowest BCUT2D eigenvalue weighted by Crippen LogP contribution is -2.47. The summed E-state index contributed by atoms with van der Waals surface area (Å²) in [4.78, 5) is 41.4. The fourth-order valence-corrected chi connectivity index (χ4v) is 2.50. The maximum Gasteiger partial charge on any atom is 0.414 e. The number of carboxylic acid groups (broad SMARTS) is 1. The summed E-state index contributed by atoms with van der Waals surface area (Å²) in [6.45, 7) is 12.7. The third-order valence-electron chi connectivity index (χ3n) is 3.87. The molecule has 0 aromatic rings. The van der Waals surface area contributed by atoms with Gasteiger partial charge in [0, 0.05) is 20.6 Å². The van der Waals surface area contributed by atoms with Gasteiger partial charge in [-0.2, -0.15) is 0 Å². The molecule has 0 saturated heterocycles. The van der Waals surface area contributed by atoms with Crippen LogP contribution >= 0.6 is 0 Å². The van der Waals surface area contributed by atoms with E-state index >= 15 is 0 Å². The molecule has 0 radical (unpaired) electrons. The van der Waals surface area contributed by atoms with Crippen molar-refractivity contribution in [3.8, 4) is 0 Å². The van der Waals surface area contributed by atoms with Gasteiger partial charge in [0.1, 0.15) is 17.2 Å². The molecule has 0 saturated carbocycles. The summed E-state index contributed by atoms with van der Waals surface area (Å²) >= 11 is 0. The van der Waals surface area contributed by atoms with Gasteiger partial charge in [-0.25, -0.2) is 14.4 Å². The smallest absolute Gasteiger partial charge is 0.414 e. The molecule has 0 fully saturated rings. The molecule has 3 N–H and O–H groups in total. The van der Waals surface area contributed by atoms with E-state index in [0.717, 1.165) is 0 Å². The number of nitrogens with zero attached hydrogens (tertiary/aromatic N) is 2. The van der Waals surface area contributed by atoms with Crippen LogP contribution in [0, 0.1) is 5.92 Å². The summed E-state index contributed by atoms with van der Waals surface area (Å²) in [5.41, 5.74) is -1.31. The first-order chi connectivity index (χ1) is 14.0. The largest absolute Gasteiger partial charge is 0.480 e. The number of carbonyl (C=O) groups is 3. The van der Waals surface area contributed by atoms with Crippen LogP contribution < -0.4 is 10.6 Å². The number of alkyl carbamates (subject to hydrolysis) is 2. The van der Waals surface area contributed by atoms with E-state index in [1.807, 2.05) is 0 Å². The zero-order valence-electron chi connectivity index (χ0n) is 20.4. The Hall–Kier alpha value is -2.52. The molecule has 10 heteroatoms. The fourth-order valence-electron chi connectivity index (χ4n) is 2.50. The number of nitrogens with one attached hydrogen (secondary N) is 2. The number of carbonyl (C=O) groups excluding carboxylic acids is 2. The van der Waals surface area contributed by atoms with Crippen molar-refractivity contribution < 1.29 is 29.0 Å². The predicted octanol–water partition coefficient (Wildman–Crippen LogP) is 3.21. The maximum absolute atomic E-state index is 11.9. The summed E-state index contributed by atoms with van der Waals surface area (Å²) in [5, 5.41) is 14.5. The van der Waals surface area contributed by atoms with Gasteiger partial charge in [-0.1, -0.05) is 13.3 Å². The first-order valence-electron chi connectivity index (χ1n) is 10.5. The van der Waals surface area contributed by atoms with Crippen molar-refractivity contribution in [1.29, 1.82) is 0 Å². The lowest BCUT2D eigenvalue weighted by atomic mass is 9.96. The van der Waals surface area contributed by atoms with Crippen LogP contribution in [0.4, 0.5) is 9.59 Å². The van der Waals surface area contributed by atoms with Crippen molar-refractivity contribution in [3.05, 3.63) is 0 Å². The Bertz CT molecular complexity index is 635. The molecule has 0 aliphatic carbocycles. The minimum absolute atomic E-state index is 0.290. The second-order valence-corrected chi connectivity index (χ2v) is 9.66. The highest BCUT2D eigenvalue weighted by Crippen LogP contribution is 2.15. The van der Waals surface area contributed by atoms with E-state index in [9.17, 15) is 19.5 Å². The van der Waals surface area contributed by atoms with Gasteiger partial charge >= 0.3 is 18.2 Å². The van der Waals surface area contributed by atoms with Gasteiger partial charge in [0.15, 0.2) is 0 Å². The lowest BCUT2D eigenvalue weighted by molar-refractivity contribution is -0.140. The van der Waals surface area contributed by atoms with Gasteiger partial charge in [-0.3, -0.25) is 10.3 Å². The number of guanidine groups is 1. The molecule has 10 nitrogen and oxygen atoms in total. The standard InChI is InChI=1S/C21H40N4O6/c1-14(15(16(26)27)23-18(28)30-20(2,3)4)12-10-11-13-22-17(25(8)9)24-19(29)31-21(5,6)7/h14-15H,10-13H2,1-9H3,(H,23,28)(H,26,27)(H,22,24,29). The molecular formula is C21H40N4O6. The molecule has 180 valence electrons. The van der Waals surface area contributed by atoms with Gasteiger partial charge in [-0.15, -0.1) is 0 Å². The summed E-state index contributed by atoms with van der Waals surface area (Å²) in [6.07, 6.45) is 0.652. The number of aliphatic carboxylic acids is 1. The summed E-state index contributed by atoms with van der Waals surface area (Å²) in [5.74, 6) is -1.01. The third-order valence-corrected chi connectivity index (χ3v) is 3.87. The lowest BCUT2D eigenvalue weighted by Gasteiger charge is -2.25.